The number of amides is 1. The first-order valence-corrected chi connectivity index (χ1v) is 10.2. The third-order valence-corrected chi connectivity index (χ3v) is 4.20. The second kappa shape index (κ2) is 12.1. The van der Waals surface area contributed by atoms with E-state index in [1.807, 2.05) is 13.8 Å². The molecule has 0 aliphatic rings. The van der Waals surface area contributed by atoms with Crippen LogP contribution in [0.2, 0.25) is 0 Å². The van der Waals surface area contributed by atoms with E-state index in [0.29, 0.717) is 6.08 Å². The summed E-state index contributed by atoms with van der Waals surface area (Å²) in [5.41, 5.74) is -2.74. The van der Waals surface area contributed by atoms with Gasteiger partial charge in [0.05, 0.1) is 16.7 Å². The minimum absolute atomic E-state index is 0.0675. The van der Waals surface area contributed by atoms with E-state index in [0.717, 1.165) is 29.2 Å². The van der Waals surface area contributed by atoms with Crippen LogP contribution in [0.1, 0.15) is 43.1 Å². The molecule has 2 aromatic rings. The Labute approximate surface area is 189 Å². The number of hydrogen-bond acceptors (Lipinski definition) is 2. The molecule has 9 heteroatoms. The monoisotopic (exact) mass is 472 g/mol. The highest BCUT2D eigenvalue weighted by Crippen LogP contribution is 2.33. The summed E-state index contributed by atoms with van der Waals surface area (Å²) in [6.45, 7) is 5.50. The quantitative estimate of drug-likeness (QED) is 0.357. The number of halogens is 6. The number of nitrogens with one attached hydrogen (secondary N) is 1. The van der Waals surface area contributed by atoms with Crippen LogP contribution in [-0.4, -0.2) is 31.1 Å². The molecular formula is C24H26F6N2O. The number of alkyl halides is 3. The molecule has 1 amide bonds. The van der Waals surface area contributed by atoms with Crippen LogP contribution in [-0.2, 0) is 0 Å². The van der Waals surface area contributed by atoms with Gasteiger partial charge in [0.1, 0.15) is 17.5 Å². The Morgan fingerprint density at radius 3 is 2.00 bits per heavy atom. The number of allylic oxidation sites excluding steroid dienone is 3. The van der Waals surface area contributed by atoms with Crippen molar-refractivity contribution in [3.8, 4) is 0 Å². The number of carbonyl (C=O) groups is 1. The number of benzene rings is 2. The van der Waals surface area contributed by atoms with Gasteiger partial charge < -0.3 is 10.2 Å². The van der Waals surface area contributed by atoms with Gasteiger partial charge in [-0.1, -0.05) is 39.0 Å². The van der Waals surface area contributed by atoms with E-state index in [9.17, 15) is 31.1 Å². The van der Waals surface area contributed by atoms with Crippen LogP contribution in [0.25, 0.3) is 5.70 Å². The Balaban J connectivity index is 0.00000265. The fourth-order valence-electron chi connectivity index (χ4n) is 2.78. The Bertz CT molecular complexity index is 1000. The van der Waals surface area contributed by atoms with Gasteiger partial charge in [-0.05, 0) is 36.8 Å². The maximum absolute atomic E-state index is 14.8. The fourth-order valence-corrected chi connectivity index (χ4v) is 2.78. The molecule has 0 atom stereocenters. The predicted molar refractivity (Wildman–Crippen MR) is 118 cm³/mol. The third-order valence-electron chi connectivity index (χ3n) is 4.20. The maximum Gasteiger partial charge on any atom is 0.416 e. The maximum atomic E-state index is 14.8. The van der Waals surface area contributed by atoms with Crippen molar-refractivity contribution < 1.29 is 31.1 Å². The van der Waals surface area contributed by atoms with Crippen LogP contribution in [0.5, 0.6) is 0 Å². The van der Waals surface area contributed by atoms with E-state index in [2.05, 4.69) is 5.32 Å². The van der Waals surface area contributed by atoms with Gasteiger partial charge in [0.2, 0.25) is 0 Å². The van der Waals surface area contributed by atoms with E-state index < -0.39 is 40.7 Å². The van der Waals surface area contributed by atoms with Gasteiger partial charge in [0.25, 0.3) is 5.91 Å². The van der Waals surface area contributed by atoms with Gasteiger partial charge in [-0.3, -0.25) is 4.79 Å². The molecule has 2 aromatic carbocycles. The second-order valence-electron chi connectivity index (χ2n) is 6.74. The van der Waals surface area contributed by atoms with Crippen LogP contribution in [0.15, 0.2) is 54.1 Å². The van der Waals surface area contributed by atoms with Crippen molar-refractivity contribution in [1.82, 2.24) is 4.90 Å². The third kappa shape index (κ3) is 7.40. The first-order valence-electron chi connectivity index (χ1n) is 10.2. The van der Waals surface area contributed by atoms with E-state index in [4.69, 9.17) is 0 Å². The molecule has 33 heavy (non-hydrogen) atoms. The lowest BCUT2D eigenvalue weighted by atomic mass is 10.0. The van der Waals surface area contributed by atoms with E-state index in [1.165, 1.54) is 39.2 Å². The van der Waals surface area contributed by atoms with Gasteiger partial charge in [0.15, 0.2) is 0 Å². The highest BCUT2D eigenvalue weighted by molar-refractivity contribution is 6.04. The summed E-state index contributed by atoms with van der Waals surface area (Å²) in [5.74, 6) is -4.14. The minimum Gasteiger partial charge on any atom is -0.377 e. The van der Waals surface area contributed by atoms with Crippen molar-refractivity contribution in [2.45, 2.75) is 33.4 Å². The minimum atomic E-state index is -4.71. The number of rotatable bonds is 6. The lowest BCUT2D eigenvalue weighted by Gasteiger charge is -2.21. The lowest BCUT2D eigenvalue weighted by Crippen LogP contribution is -2.18. The topological polar surface area (TPSA) is 32.3 Å². The standard InChI is InChI=1S/C22H20F6N2O.C2H6/c1-4-7-13(22(26,27)28)10-19(30(2)3)20-17(24)11-14(12-18(20)25)29-21(31)15-8-5-6-9-16(15)23;1-2/h5-12H,4H2,1-3H3,(H,29,31);1-2H3/b13-7-,19-10-;. The molecule has 0 fully saturated rings. The van der Waals surface area contributed by atoms with Crippen molar-refractivity contribution in [3.63, 3.8) is 0 Å². The van der Waals surface area contributed by atoms with Gasteiger partial charge in [-0.2, -0.15) is 13.2 Å². The lowest BCUT2D eigenvalue weighted by molar-refractivity contribution is -0.0884. The van der Waals surface area contributed by atoms with Crippen molar-refractivity contribution in [2.24, 2.45) is 0 Å². The van der Waals surface area contributed by atoms with E-state index in [-0.39, 0.29) is 23.4 Å². The Hall–Kier alpha value is -3.23. The predicted octanol–water partition coefficient (Wildman–Crippen LogP) is 7.18. The van der Waals surface area contributed by atoms with Crippen molar-refractivity contribution in [2.75, 3.05) is 19.4 Å². The van der Waals surface area contributed by atoms with Crippen LogP contribution >= 0.6 is 0 Å². The molecule has 0 aromatic heterocycles. The smallest absolute Gasteiger partial charge is 0.377 e. The summed E-state index contributed by atoms with van der Waals surface area (Å²) < 4.78 is 83.0. The Morgan fingerprint density at radius 1 is 1.00 bits per heavy atom. The summed E-state index contributed by atoms with van der Waals surface area (Å²) in [6, 6.07) is 6.54. The normalized spacial score (nSPS) is 12.1. The second-order valence-corrected chi connectivity index (χ2v) is 6.74. The van der Waals surface area contributed by atoms with Gasteiger partial charge in [0, 0.05) is 25.5 Å². The fraction of sp³-hybridized carbons (Fsp3) is 0.292. The molecule has 2 rings (SSSR count). The highest BCUT2D eigenvalue weighted by Gasteiger charge is 2.33. The summed E-state index contributed by atoms with van der Waals surface area (Å²) in [7, 11) is 2.69. The zero-order chi connectivity index (χ0) is 25.3. The summed E-state index contributed by atoms with van der Waals surface area (Å²) in [4.78, 5) is 13.3. The molecule has 0 heterocycles. The molecule has 0 aliphatic heterocycles. The number of hydrogen-bond donors (Lipinski definition) is 1. The van der Waals surface area contributed by atoms with Crippen molar-refractivity contribution >= 4 is 17.3 Å². The zero-order valence-corrected chi connectivity index (χ0v) is 18.9. The summed E-state index contributed by atoms with van der Waals surface area (Å²) >= 11 is 0. The summed E-state index contributed by atoms with van der Waals surface area (Å²) in [5, 5.41) is 2.18. The molecule has 0 saturated carbocycles. The molecule has 0 aliphatic carbocycles. The first kappa shape index (κ1) is 27.8. The van der Waals surface area contributed by atoms with Gasteiger partial charge in [-0.15, -0.1) is 0 Å². The zero-order valence-electron chi connectivity index (χ0n) is 18.9. The Kier molecular flexibility index (Phi) is 10.2. The highest BCUT2D eigenvalue weighted by atomic mass is 19.4. The van der Waals surface area contributed by atoms with E-state index in [1.54, 1.807) is 0 Å². The van der Waals surface area contributed by atoms with Gasteiger partial charge >= 0.3 is 6.18 Å². The van der Waals surface area contributed by atoms with Crippen LogP contribution in [0.4, 0.5) is 32.0 Å². The SMILES string of the molecule is CC.CC/C=C(/C=C(/c1c(F)cc(NC(=O)c2ccccc2F)cc1F)N(C)C)C(F)(F)F. The average molecular weight is 472 g/mol. The van der Waals surface area contributed by atoms with Crippen LogP contribution in [0.3, 0.4) is 0 Å². The largest absolute Gasteiger partial charge is 0.416 e. The number of nitrogens with zero attached hydrogens (tertiary/aromatic N) is 1. The number of carbonyl (C=O) groups excluding carboxylic acids is 1. The summed E-state index contributed by atoms with van der Waals surface area (Å²) in [6.07, 6.45) is -3.08. The molecule has 0 radical (unpaired) electrons. The van der Waals surface area contributed by atoms with Crippen molar-refractivity contribution in [3.05, 3.63) is 82.7 Å². The Morgan fingerprint density at radius 2 is 1.55 bits per heavy atom. The molecule has 0 saturated heterocycles. The van der Waals surface area contributed by atoms with Crippen LogP contribution in [0, 0.1) is 17.5 Å². The molecular weight excluding hydrogens is 446 g/mol. The van der Waals surface area contributed by atoms with Crippen LogP contribution < -0.4 is 5.32 Å². The molecule has 3 nitrogen and oxygen atoms in total. The van der Waals surface area contributed by atoms with Gasteiger partial charge in [-0.25, -0.2) is 13.2 Å². The average Bonchev–Trinajstić information content (AvgIpc) is 2.72. The van der Waals surface area contributed by atoms with E-state index >= 15 is 0 Å². The molecule has 0 spiro atoms. The first-order chi connectivity index (χ1) is 15.5. The molecule has 0 unspecified atom stereocenters. The molecule has 1 N–H and O–H groups in total. The van der Waals surface area contributed by atoms with Crippen molar-refractivity contribution in [1.29, 1.82) is 0 Å². The molecule has 0 bridgehead atoms. The molecule has 180 valence electrons. The number of anilines is 1.